The maximum atomic E-state index is 8.95. The van der Waals surface area contributed by atoms with Crippen LogP contribution in [0, 0.1) is 11.3 Å². The molecule has 4 nitrogen and oxygen atoms in total. The van der Waals surface area contributed by atoms with E-state index in [-0.39, 0.29) is 6.04 Å². The molecule has 1 N–H and O–H groups in total. The molecule has 0 fully saturated rings. The lowest BCUT2D eigenvalue weighted by molar-refractivity contribution is 0.194. The Morgan fingerprint density at radius 3 is 3.07 bits per heavy atom. The summed E-state index contributed by atoms with van der Waals surface area (Å²) in [6.07, 6.45) is 2.58. The zero-order valence-electron chi connectivity index (χ0n) is 8.81. The lowest BCUT2D eigenvalue weighted by Crippen LogP contribution is -2.22. The van der Waals surface area contributed by atoms with Crippen molar-refractivity contribution in [2.45, 2.75) is 12.5 Å². The molecule has 1 aromatic heterocycles. The number of hydrogen-bond donors (Lipinski definition) is 1. The van der Waals surface area contributed by atoms with Gasteiger partial charge in [0.1, 0.15) is 6.04 Å². The van der Waals surface area contributed by atoms with Crippen LogP contribution in [0.1, 0.15) is 18.2 Å². The zero-order valence-corrected chi connectivity index (χ0v) is 8.81. The standard InChI is InChI=1S/C11H15N3O/c1-15-8-4-7-14-11(9-12)10-5-2-3-6-13-10/h2-3,5-6,11,14H,4,7-8H2,1H3. The largest absolute Gasteiger partial charge is 0.385 e. The molecule has 0 saturated heterocycles. The Bertz CT molecular complexity index is 307. The van der Waals surface area contributed by atoms with Crippen molar-refractivity contribution in [2.24, 2.45) is 0 Å². The molecule has 0 amide bonds. The highest BCUT2D eigenvalue weighted by molar-refractivity contribution is 5.15. The van der Waals surface area contributed by atoms with Crippen LogP contribution in [0.3, 0.4) is 0 Å². The Morgan fingerprint density at radius 2 is 2.47 bits per heavy atom. The minimum atomic E-state index is -0.331. The number of hydrogen-bond acceptors (Lipinski definition) is 4. The maximum Gasteiger partial charge on any atom is 0.138 e. The first kappa shape index (κ1) is 11.6. The van der Waals surface area contributed by atoms with E-state index in [2.05, 4.69) is 16.4 Å². The maximum absolute atomic E-state index is 8.95. The molecular formula is C11H15N3O. The SMILES string of the molecule is COCCCNC(C#N)c1ccccn1. The van der Waals surface area contributed by atoms with Gasteiger partial charge in [0.25, 0.3) is 0 Å². The Labute approximate surface area is 89.9 Å². The molecule has 1 unspecified atom stereocenters. The molecule has 0 spiro atoms. The van der Waals surface area contributed by atoms with Crippen molar-refractivity contribution in [2.75, 3.05) is 20.3 Å². The molecule has 80 valence electrons. The molecular weight excluding hydrogens is 190 g/mol. The van der Waals surface area contributed by atoms with Crippen LogP contribution in [-0.2, 0) is 4.74 Å². The second kappa shape index (κ2) is 6.93. The molecule has 1 heterocycles. The highest BCUT2D eigenvalue weighted by atomic mass is 16.5. The van der Waals surface area contributed by atoms with Gasteiger partial charge in [-0.1, -0.05) is 6.07 Å². The van der Waals surface area contributed by atoms with E-state index in [1.54, 1.807) is 13.3 Å². The highest BCUT2D eigenvalue weighted by Crippen LogP contribution is 2.07. The average Bonchev–Trinajstić information content (AvgIpc) is 2.30. The molecule has 0 aliphatic rings. The van der Waals surface area contributed by atoms with E-state index in [0.717, 1.165) is 18.7 Å². The fraction of sp³-hybridized carbons (Fsp3) is 0.455. The summed E-state index contributed by atoms with van der Waals surface area (Å²) in [7, 11) is 1.67. The Morgan fingerprint density at radius 1 is 1.60 bits per heavy atom. The number of rotatable bonds is 6. The normalized spacial score (nSPS) is 12.0. The van der Waals surface area contributed by atoms with Crippen molar-refractivity contribution in [3.63, 3.8) is 0 Å². The molecule has 0 saturated carbocycles. The van der Waals surface area contributed by atoms with E-state index in [4.69, 9.17) is 10.00 Å². The fourth-order valence-corrected chi connectivity index (χ4v) is 1.23. The second-order valence-corrected chi connectivity index (χ2v) is 3.12. The number of nitrogens with zero attached hydrogens (tertiary/aromatic N) is 2. The first-order valence-electron chi connectivity index (χ1n) is 4.91. The molecule has 0 aliphatic carbocycles. The number of nitrogens with one attached hydrogen (secondary N) is 1. The number of methoxy groups -OCH3 is 1. The monoisotopic (exact) mass is 205 g/mol. The van der Waals surface area contributed by atoms with Gasteiger partial charge in [-0.25, -0.2) is 0 Å². The van der Waals surface area contributed by atoms with Crippen LogP contribution in [0.5, 0.6) is 0 Å². The smallest absolute Gasteiger partial charge is 0.138 e. The zero-order chi connectivity index (χ0) is 10.9. The minimum absolute atomic E-state index is 0.331. The van der Waals surface area contributed by atoms with Crippen molar-refractivity contribution in [3.8, 4) is 6.07 Å². The summed E-state index contributed by atoms with van der Waals surface area (Å²) in [6.45, 7) is 1.45. The Hall–Kier alpha value is -1.44. The number of pyridine rings is 1. The van der Waals surface area contributed by atoms with Gasteiger partial charge in [-0.2, -0.15) is 5.26 Å². The molecule has 4 heteroatoms. The van der Waals surface area contributed by atoms with Gasteiger partial charge in [-0.15, -0.1) is 0 Å². The van der Waals surface area contributed by atoms with E-state index >= 15 is 0 Å². The molecule has 15 heavy (non-hydrogen) atoms. The third-order valence-corrected chi connectivity index (χ3v) is 1.99. The van der Waals surface area contributed by atoms with E-state index in [0.29, 0.717) is 6.61 Å². The van der Waals surface area contributed by atoms with Gasteiger partial charge in [-0.05, 0) is 25.1 Å². The molecule has 0 aromatic carbocycles. The summed E-state index contributed by atoms with van der Waals surface area (Å²) in [5.41, 5.74) is 0.761. The Kier molecular flexibility index (Phi) is 5.38. The highest BCUT2D eigenvalue weighted by Gasteiger charge is 2.09. The van der Waals surface area contributed by atoms with Crippen LogP contribution in [-0.4, -0.2) is 25.2 Å². The molecule has 0 radical (unpaired) electrons. The van der Waals surface area contributed by atoms with E-state index in [1.807, 2.05) is 18.2 Å². The summed E-state index contributed by atoms with van der Waals surface area (Å²) in [5.74, 6) is 0. The predicted molar refractivity (Wildman–Crippen MR) is 57.1 cm³/mol. The molecule has 1 atom stereocenters. The topological polar surface area (TPSA) is 57.9 Å². The number of ether oxygens (including phenoxy) is 1. The quantitative estimate of drug-likeness (QED) is 0.710. The molecule has 0 bridgehead atoms. The third-order valence-electron chi connectivity index (χ3n) is 1.99. The second-order valence-electron chi connectivity index (χ2n) is 3.12. The van der Waals surface area contributed by atoms with Crippen molar-refractivity contribution < 1.29 is 4.74 Å². The summed E-state index contributed by atoms with van der Waals surface area (Å²) in [5, 5.41) is 12.1. The van der Waals surface area contributed by atoms with Crippen molar-refractivity contribution in [3.05, 3.63) is 30.1 Å². The van der Waals surface area contributed by atoms with Crippen LogP contribution in [0.15, 0.2) is 24.4 Å². The van der Waals surface area contributed by atoms with Crippen LogP contribution >= 0.6 is 0 Å². The molecule has 1 rings (SSSR count). The van der Waals surface area contributed by atoms with Crippen molar-refractivity contribution >= 4 is 0 Å². The molecule has 0 aliphatic heterocycles. The summed E-state index contributed by atoms with van der Waals surface area (Å²) >= 11 is 0. The van der Waals surface area contributed by atoms with Crippen LogP contribution < -0.4 is 5.32 Å². The summed E-state index contributed by atoms with van der Waals surface area (Å²) < 4.78 is 4.92. The van der Waals surface area contributed by atoms with Gasteiger partial charge in [0.2, 0.25) is 0 Å². The summed E-state index contributed by atoms with van der Waals surface area (Å²) in [6, 6.07) is 7.41. The van der Waals surface area contributed by atoms with Gasteiger partial charge in [0.05, 0.1) is 11.8 Å². The van der Waals surface area contributed by atoms with Gasteiger partial charge in [0.15, 0.2) is 0 Å². The van der Waals surface area contributed by atoms with Crippen molar-refractivity contribution in [1.82, 2.24) is 10.3 Å². The lowest BCUT2D eigenvalue weighted by atomic mass is 10.2. The first-order valence-corrected chi connectivity index (χ1v) is 4.91. The Balaban J connectivity index is 2.41. The van der Waals surface area contributed by atoms with Crippen molar-refractivity contribution in [1.29, 1.82) is 5.26 Å². The number of nitriles is 1. The van der Waals surface area contributed by atoms with Gasteiger partial charge < -0.3 is 4.74 Å². The first-order chi connectivity index (χ1) is 7.38. The molecule has 1 aromatic rings. The van der Waals surface area contributed by atoms with Gasteiger partial charge in [0, 0.05) is 19.9 Å². The lowest BCUT2D eigenvalue weighted by Gasteiger charge is -2.10. The number of aromatic nitrogens is 1. The average molecular weight is 205 g/mol. The van der Waals surface area contributed by atoms with Crippen LogP contribution in [0.2, 0.25) is 0 Å². The van der Waals surface area contributed by atoms with Gasteiger partial charge >= 0.3 is 0 Å². The van der Waals surface area contributed by atoms with Gasteiger partial charge in [-0.3, -0.25) is 10.3 Å². The summed E-state index contributed by atoms with van der Waals surface area (Å²) in [4.78, 5) is 4.13. The fourth-order valence-electron chi connectivity index (χ4n) is 1.23. The van der Waals surface area contributed by atoms with E-state index < -0.39 is 0 Å². The van der Waals surface area contributed by atoms with Crippen LogP contribution in [0.25, 0.3) is 0 Å². The minimum Gasteiger partial charge on any atom is -0.385 e. The van der Waals surface area contributed by atoms with E-state index in [9.17, 15) is 0 Å². The van der Waals surface area contributed by atoms with E-state index in [1.165, 1.54) is 0 Å². The van der Waals surface area contributed by atoms with Crippen LogP contribution in [0.4, 0.5) is 0 Å². The predicted octanol–water partition coefficient (Wildman–Crippen LogP) is 1.27. The third kappa shape index (κ3) is 4.07.